The van der Waals surface area contributed by atoms with Crippen LogP contribution in [0.3, 0.4) is 0 Å². The zero-order valence-corrected chi connectivity index (χ0v) is 13.9. The molecule has 2 unspecified atom stereocenters. The lowest BCUT2D eigenvalue weighted by Gasteiger charge is -2.33. The Morgan fingerprint density at radius 2 is 2.14 bits per heavy atom. The highest BCUT2D eigenvalue weighted by atomic mass is 32.1. The van der Waals surface area contributed by atoms with Crippen LogP contribution in [0.2, 0.25) is 0 Å². The molecule has 1 aromatic carbocycles. The largest absolute Gasteiger partial charge is 0.309 e. The number of benzene rings is 1. The molecule has 0 radical (unpaired) electrons. The van der Waals surface area contributed by atoms with Crippen LogP contribution in [-0.4, -0.2) is 6.54 Å². The van der Waals surface area contributed by atoms with E-state index >= 15 is 0 Å². The van der Waals surface area contributed by atoms with Crippen LogP contribution < -0.4 is 5.32 Å². The van der Waals surface area contributed by atoms with Crippen molar-refractivity contribution >= 4 is 11.3 Å². The van der Waals surface area contributed by atoms with Crippen molar-refractivity contribution in [3.05, 3.63) is 57.3 Å². The highest BCUT2D eigenvalue weighted by Crippen LogP contribution is 2.42. The first-order chi connectivity index (χ1) is 10.3. The zero-order chi connectivity index (χ0) is 14.7. The first-order valence-electron chi connectivity index (χ1n) is 8.16. The van der Waals surface area contributed by atoms with E-state index in [1.807, 2.05) is 11.3 Å². The summed E-state index contributed by atoms with van der Waals surface area (Å²) in [7, 11) is 0. The van der Waals surface area contributed by atoms with Gasteiger partial charge in [-0.05, 0) is 67.3 Å². The van der Waals surface area contributed by atoms with Crippen molar-refractivity contribution in [2.75, 3.05) is 6.54 Å². The van der Waals surface area contributed by atoms with Gasteiger partial charge >= 0.3 is 0 Å². The van der Waals surface area contributed by atoms with E-state index in [4.69, 9.17) is 0 Å². The molecule has 0 bridgehead atoms. The third-order valence-corrected chi connectivity index (χ3v) is 5.72. The average Bonchev–Trinajstić information content (AvgIpc) is 2.94. The maximum absolute atomic E-state index is 3.83. The van der Waals surface area contributed by atoms with E-state index in [9.17, 15) is 0 Å². The summed E-state index contributed by atoms with van der Waals surface area (Å²) in [5.41, 5.74) is 4.58. The minimum absolute atomic E-state index is 0.478. The molecule has 1 aliphatic carbocycles. The molecule has 1 N–H and O–H groups in total. The van der Waals surface area contributed by atoms with Crippen LogP contribution in [0.15, 0.2) is 35.7 Å². The Morgan fingerprint density at radius 1 is 1.29 bits per heavy atom. The number of hydrogen-bond acceptors (Lipinski definition) is 2. The second-order valence-corrected chi connectivity index (χ2v) is 7.04. The minimum atomic E-state index is 0.478. The number of aryl methyl sites for hydroxylation is 2. The molecule has 0 spiro atoms. The second-order valence-electron chi connectivity index (χ2n) is 6.10. The lowest BCUT2D eigenvalue weighted by molar-refractivity contribution is 0.405. The molecule has 21 heavy (non-hydrogen) atoms. The molecule has 112 valence electrons. The predicted octanol–water partition coefficient (Wildman–Crippen LogP) is 5.22. The van der Waals surface area contributed by atoms with Gasteiger partial charge in [-0.1, -0.05) is 31.2 Å². The van der Waals surface area contributed by atoms with Crippen molar-refractivity contribution in [3.63, 3.8) is 0 Å². The summed E-state index contributed by atoms with van der Waals surface area (Å²) in [5.74, 6) is 0.624. The van der Waals surface area contributed by atoms with Crippen molar-refractivity contribution in [3.8, 4) is 0 Å². The number of hydrogen-bond donors (Lipinski definition) is 1. The van der Waals surface area contributed by atoms with Gasteiger partial charge in [0.2, 0.25) is 0 Å². The standard InChI is InChI=1S/C19H25NS/c1-3-12-20-18(19-14(2)11-13-21-19)17-10-6-8-15-7-4-5-9-16(15)17/h4-5,7,9,11,13,17-18,20H,3,6,8,10,12H2,1-2H3. The van der Waals surface area contributed by atoms with Gasteiger partial charge in [-0.15, -0.1) is 11.3 Å². The predicted molar refractivity (Wildman–Crippen MR) is 92.2 cm³/mol. The molecule has 0 amide bonds. The fourth-order valence-electron chi connectivity index (χ4n) is 3.56. The van der Waals surface area contributed by atoms with Crippen molar-refractivity contribution in [1.29, 1.82) is 0 Å². The SMILES string of the molecule is CCCNC(c1sccc1C)C1CCCc2ccccc21. The summed E-state index contributed by atoms with van der Waals surface area (Å²) >= 11 is 1.91. The Balaban J connectivity index is 1.96. The number of nitrogens with one attached hydrogen (secondary N) is 1. The van der Waals surface area contributed by atoms with Gasteiger partial charge in [0, 0.05) is 16.8 Å². The molecule has 0 fully saturated rings. The van der Waals surface area contributed by atoms with Crippen molar-refractivity contribution < 1.29 is 0 Å². The Hall–Kier alpha value is -1.12. The molecular formula is C19H25NS. The maximum atomic E-state index is 3.83. The molecule has 2 atom stereocenters. The minimum Gasteiger partial charge on any atom is -0.309 e. The van der Waals surface area contributed by atoms with Gasteiger partial charge < -0.3 is 5.32 Å². The van der Waals surface area contributed by atoms with Crippen LogP contribution in [0, 0.1) is 6.92 Å². The number of rotatable bonds is 5. The highest BCUT2D eigenvalue weighted by Gasteiger charge is 2.29. The summed E-state index contributed by atoms with van der Waals surface area (Å²) in [4.78, 5) is 1.53. The van der Waals surface area contributed by atoms with E-state index < -0.39 is 0 Å². The fourth-order valence-corrected chi connectivity index (χ4v) is 4.63. The topological polar surface area (TPSA) is 12.0 Å². The van der Waals surface area contributed by atoms with Crippen molar-refractivity contribution in [1.82, 2.24) is 5.32 Å². The molecule has 2 heteroatoms. The van der Waals surface area contributed by atoms with Crippen LogP contribution in [0.4, 0.5) is 0 Å². The van der Waals surface area contributed by atoms with E-state index in [-0.39, 0.29) is 0 Å². The molecule has 0 saturated heterocycles. The van der Waals surface area contributed by atoms with Crippen molar-refractivity contribution in [2.24, 2.45) is 0 Å². The van der Waals surface area contributed by atoms with E-state index in [1.54, 1.807) is 11.1 Å². The summed E-state index contributed by atoms with van der Waals surface area (Å²) in [5, 5.41) is 6.07. The summed E-state index contributed by atoms with van der Waals surface area (Å²) in [6, 6.07) is 11.8. The van der Waals surface area contributed by atoms with Gasteiger partial charge in [0.15, 0.2) is 0 Å². The highest BCUT2D eigenvalue weighted by molar-refractivity contribution is 7.10. The van der Waals surface area contributed by atoms with Crippen LogP contribution in [0.25, 0.3) is 0 Å². The third-order valence-electron chi connectivity index (χ3n) is 4.62. The van der Waals surface area contributed by atoms with Gasteiger partial charge in [0.25, 0.3) is 0 Å². The number of thiophene rings is 1. The Kier molecular flexibility index (Phi) is 4.77. The first-order valence-corrected chi connectivity index (χ1v) is 9.04. The Labute approximate surface area is 132 Å². The van der Waals surface area contributed by atoms with E-state index in [0.29, 0.717) is 12.0 Å². The summed E-state index contributed by atoms with van der Waals surface area (Å²) in [6.07, 6.45) is 5.05. The summed E-state index contributed by atoms with van der Waals surface area (Å²) in [6.45, 7) is 5.60. The van der Waals surface area contributed by atoms with Crippen LogP contribution in [0.5, 0.6) is 0 Å². The molecule has 0 saturated carbocycles. The molecule has 1 aliphatic rings. The van der Waals surface area contributed by atoms with Gasteiger partial charge in [0.05, 0.1) is 0 Å². The van der Waals surface area contributed by atoms with E-state index in [2.05, 4.69) is 54.9 Å². The maximum Gasteiger partial charge on any atom is 0.0487 e. The quantitative estimate of drug-likeness (QED) is 0.798. The van der Waals surface area contributed by atoms with Crippen LogP contribution in [0.1, 0.15) is 59.7 Å². The first kappa shape index (κ1) is 14.8. The Morgan fingerprint density at radius 3 is 2.90 bits per heavy atom. The van der Waals surface area contributed by atoms with Crippen LogP contribution in [-0.2, 0) is 6.42 Å². The smallest absolute Gasteiger partial charge is 0.0487 e. The molecular weight excluding hydrogens is 274 g/mol. The lowest BCUT2D eigenvalue weighted by Crippen LogP contribution is -2.29. The van der Waals surface area contributed by atoms with Gasteiger partial charge in [0.1, 0.15) is 0 Å². The molecule has 3 rings (SSSR count). The fraction of sp³-hybridized carbons (Fsp3) is 0.474. The van der Waals surface area contributed by atoms with E-state index in [0.717, 1.165) is 6.54 Å². The third kappa shape index (κ3) is 3.07. The van der Waals surface area contributed by atoms with Gasteiger partial charge in [-0.3, -0.25) is 0 Å². The molecule has 0 aliphatic heterocycles. The normalized spacial score (nSPS) is 19.2. The van der Waals surface area contributed by atoms with E-state index in [1.165, 1.54) is 36.1 Å². The molecule has 1 heterocycles. The Bertz CT molecular complexity index is 587. The monoisotopic (exact) mass is 299 g/mol. The second kappa shape index (κ2) is 6.76. The molecule has 1 nitrogen and oxygen atoms in total. The molecule has 1 aromatic heterocycles. The lowest BCUT2D eigenvalue weighted by atomic mass is 9.78. The van der Waals surface area contributed by atoms with Gasteiger partial charge in [-0.25, -0.2) is 0 Å². The zero-order valence-electron chi connectivity index (χ0n) is 13.1. The average molecular weight is 299 g/mol. The molecule has 2 aromatic rings. The number of fused-ring (bicyclic) bond motifs is 1. The van der Waals surface area contributed by atoms with Gasteiger partial charge in [-0.2, -0.15) is 0 Å². The summed E-state index contributed by atoms with van der Waals surface area (Å²) < 4.78 is 0. The van der Waals surface area contributed by atoms with Crippen LogP contribution >= 0.6 is 11.3 Å². The van der Waals surface area contributed by atoms with Crippen molar-refractivity contribution in [2.45, 2.75) is 51.5 Å².